The molecule has 1 unspecified atom stereocenters. The van der Waals surface area contributed by atoms with Gasteiger partial charge in [0.05, 0.1) is 6.61 Å². The molecule has 20 heavy (non-hydrogen) atoms. The lowest BCUT2D eigenvalue weighted by Gasteiger charge is -2.13. The van der Waals surface area contributed by atoms with E-state index in [0.717, 1.165) is 5.56 Å². The Morgan fingerprint density at radius 3 is 2.65 bits per heavy atom. The summed E-state index contributed by atoms with van der Waals surface area (Å²) in [6.45, 7) is 4.63. The third-order valence-corrected chi connectivity index (χ3v) is 5.56. The third-order valence-electron chi connectivity index (χ3n) is 3.13. The molecule has 2 aromatic heterocycles. The number of aliphatic hydroxyl groups excluding tert-OH is 1. The summed E-state index contributed by atoms with van der Waals surface area (Å²) in [5.74, 6) is 0.713. The lowest BCUT2D eigenvalue weighted by Crippen LogP contribution is -2.27. The molecule has 0 saturated heterocycles. The van der Waals surface area contributed by atoms with Gasteiger partial charge in [-0.1, -0.05) is 0 Å². The second kappa shape index (κ2) is 5.69. The number of thiophene rings is 1. The third kappa shape index (κ3) is 2.80. The Balaban J connectivity index is 2.36. The summed E-state index contributed by atoms with van der Waals surface area (Å²) in [6.07, 6.45) is 0. The highest BCUT2D eigenvalue weighted by atomic mass is 32.2. The van der Waals surface area contributed by atoms with Gasteiger partial charge < -0.3 is 9.52 Å². The van der Waals surface area contributed by atoms with E-state index in [9.17, 15) is 13.5 Å². The minimum atomic E-state index is -3.74. The van der Waals surface area contributed by atoms with E-state index in [1.807, 2.05) is 16.8 Å². The fourth-order valence-corrected chi connectivity index (χ4v) is 4.55. The molecular formula is C13H17NO4S2. The van der Waals surface area contributed by atoms with Crippen LogP contribution < -0.4 is 4.72 Å². The van der Waals surface area contributed by atoms with E-state index >= 15 is 0 Å². The molecule has 0 radical (unpaired) electrons. The summed E-state index contributed by atoms with van der Waals surface area (Å²) >= 11 is 1.51. The van der Waals surface area contributed by atoms with Crippen LogP contribution in [0.3, 0.4) is 0 Å². The van der Waals surface area contributed by atoms with Crippen molar-refractivity contribution in [2.24, 2.45) is 0 Å². The molecule has 0 aliphatic carbocycles. The minimum Gasteiger partial charge on any atom is -0.465 e. The summed E-state index contributed by atoms with van der Waals surface area (Å²) < 4.78 is 32.9. The molecule has 2 N–H and O–H groups in total. The van der Waals surface area contributed by atoms with Crippen molar-refractivity contribution in [3.63, 3.8) is 0 Å². The molecule has 0 aromatic carbocycles. The topological polar surface area (TPSA) is 79.5 Å². The molecule has 0 fully saturated rings. The molecule has 1 atom stereocenters. The van der Waals surface area contributed by atoms with Gasteiger partial charge in [-0.05, 0) is 43.2 Å². The monoisotopic (exact) mass is 315 g/mol. The normalized spacial score (nSPS) is 13.6. The molecule has 110 valence electrons. The summed E-state index contributed by atoms with van der Waals surface area (Å²) in [7, 11) is -3.74. The molecule has 0 saturated carbocycles. The SMILES string of the molecule is Cc1oc(C)c(S(=O)(=O)NC(C)c2ccsc2)c1CO. The summed E-state index contributed by atoms with van der Waals surface area (Å²) in [5, 5.41) is 13.1. The average molecular weight is 315 g/mol. The summed E-state index contributed by atoms with van der Waals surface area (Å²) in [4.78, 5) is 0.0413. The largest absolute Gasteiger partial charge is 0.465 e. The second-order valence-corrected chi connectivity index (χ2v) is 7.01. The molecular weight excluding hydrogens is 298 g/mol. The molecule has 7 heteroatoms. The maximum atomic E-state index is 12.5. The quantitative estimate of drug-likeness (QED) is 0.888. The van der Waals surface area contributed by atoms with Gasteiger partial charge in [-0.15, -0.1) is 0 Å². The molecule has 0 amide bonds. The maximum absolute atomic E-state index is 12.5. The second-order valence-electron chi connectivity index (χ2n) is 4.58. The van der Waals surface area contributed by atoms with Crippen LogP contribution in [0, 0.1) is 13.8 Å². The van der Waals surface area contributed by atoms with Gasteiger partial charge in [0, 0.05) is 11.6 Å². The first-order chi connectivity index (χ1) is 9.36. The van der Waals surface area contributed by atoms with Crippen LogP contribution in [0.1, 0.15) is 35.6 Å². The van der Waals surface area contributed by atoms with Crippen LogP contribution in [0.25, 0.3) is 0 Å². The van der Waals surface area contributed by atoms with Crippen LogP contribution in [0.4, 0.5) is 0 Å². The zero-order valence-corrected chi connectivity index (χ0v) is 13.1. The van der Waals surface area contributed by atoms with Crippen LogP contribution in [-0.2, 0) is 16.6 Å². The first kappa shape index (κ1) is 15.2. The lowest BCUT2D eigenvalue weighted by atomic mass is 10.2. The smallest absolute Gasteiger partial charge is 0.244 e. The Labute approximate surface area is 122 Å². The Morgan fingerprint density at radius 2 is 2.10 bits per heavy atom. The fourth-order valence-electron chi connectivity index (χ4n) is 2.13. The number of aliphatic hydroxyl groups is 1. The predicted octanol–water partition coefficient (Wildman–Crippen LogP) is 2.49. The van der Waals surface area contributed by atoms with E-state index in [4.69, 9.17) is 4.42 Å². The first-order valence-electron chi connectivity index (χ1n) is 6.11. The van der Waals surface area contributed by atoms with Crippen molar-refractivity contribution in [1.82, 2.24) is 4.72 Å². The number of furan rings is 1. The van der Waals surface area contributed by atoms with E-state index in [1.54, 1.807) is 20.8 Å². The standard InChI is InChI=1S/C13H17NO4S2/c1-8(11-4-5-19-7-11)14-20(16,17)13-10(3)18-9(2)12(13)6-15/h4-5,7-8,14-15H,6H2,1-3H3. The number of rotatable bonds is 5. The van der Waals surface area contributed by atoms with Crippen molar-refractivity contribution in [3.8, 4) is 0 Å². The molecule has 0 spiro atoms. The number of sulfonamides is 1. The Hall–Kier alpha value is -1.15. The highest BCUT2D eigenvalue weighted by Gasteiger charge is 2.28. The van der Waals surface area contributed by atoms with Crippen LogP contribution in [0.2, 0.25) is 0 Å². The van der Waals surface area contributed by atoms with Crippen molar-refractivity contribution < 1.29 is 17.9 Å². The van der Waals surface area contributed by atoms with Crippen molar-refractivity contribution in [1.29, 1.82) is 0 Å². The molecule has 0 aliphatic rings. The Bertz CT molecular complexity index is 686. The van der Waals surface area contributed by atoms with Gasteiger partial charge in [0.1, 0.15) is 16.4 Å². The Kier molecular flexibility index (Phi) is 4.33. The van der Waals surface area contributed by atoms with Gasteiger partial charge in [0.2, 0.25) is 10.0 Å². The van der Waals surface area contributed by atoms with Crippen molar-refractivity contribution in [2.45, 2.75) is 38.3 Å². The molecule has 2 rings (SSSR count). The van der Waals surface area contributed by atoms with Crippen molar-refractivity contribution >= 4 is 21.4 Å². The summed E-state index contributed by atoms with van der Waals surface area (Å²) in [6, 6.07) is 1.53. The van der Waals surface area contributed by atoms with E-state index in [1.165, 1.54) is 11.3 Å². The van der Waals surface area contributed by atoms with Crippen LogP contribution in [0.15, 0.2) is 26.1 Å². The zero-order chi connectivity index (χ0) is 14.9. The lowest BCUT2D eigenvalue weighted by molar-refractivity contribution is 0.276. The average Bonchev–Trinajstić information content (AvgIpc) is 2.95. The fraction of sp³-hybridized carbons (Fsp3) is 0.385. The highest BCUT2D eigenvalue weighted by molar-refractivity contribution is 7.89. The van der Waals surface area contributed by atoms with E-state index < -0.39 is 10.0 Å². The van der Waals surface area contributed by atoms with Gasteiger partial charge in [-0.2, -0.15) is 11.3 Å². The number of hydrogen-bond acceptors (Lipinski definition) is 5. The molecule has 0 aliphatic heterocycles. The molecule has 5 nitrogen and oxygen atoms in total. The number of hydrogen-bond donors (Lipinski definition) is 2. The van der Waals surface area contributed by atoms with E-state index in [0.29, 0.717) is 11.3 Å². The Morgan fingerprint density at radius 1 is 1.40 bits per heavy atom. The molecule has 0 bridgehead atoms. The maximum Gasteiger partial charge on any atom is 0.244 e. The van der Waals surface area contributed by atoms with Crippen LogP contribution >= 0.6 is 11.3 Å². The van der Waals surface area contributed by atoms with Gasteiger partial charge >= 0.3 is 0 Å². The van der Waals surface area contributed by atoms with Gasteiger partial charge in [0.25, 0.3) is 0 Å². The summed E-state index contributed by atoms with van der Waals surface area (Å²) in [5.41, 5.74) is 1.22. The van der Waals surface area contributed by atoms with E-state index in [-0.39, 0.29) is 23.3 Å². The van der Waals surface area contributed by atoms with Crippen LogP contribution in [-0.4, -0.2) is 13.5 Å². The van der Waals surface area contributed by atoms with Gasteiger partial charge in [0.15, 0.2) is 0 Å². The highest BCUT2D eigenvalue weighted by Crippen LogP contribution is 2.28. The van der Waals surface area contributed by atoms with Crippen LogP contribution in [0.5, 0.6) is 0 Å². The predicted molar refractivity (Wildman–Crippen MR) is 77.2 cm³/mol. The number of aryl methyl sites for hydroxylation is 2. The number of nitrogens with one attached hydrogen (secondary N) is 1. The van der Waals surface area contributed by atoms with E-state index in [2.05, 4.69) is 4.72 Å². The van der Waals surface area contributed by atoms with Crippen molar-refractivity contribution in [3.05, 3.63) is 39.5 Å². The van der Waals surface area contributed by atoms with Gasteiger partial charge in [-0.25, -0.2) is 13.1 Å². The first-order valence-corrected chi connectivity index (χ1v) is 8.53. The zero-order valence-electron chi connectivity index (χ0n) is 11.5. The molecule has 2 heterocycles. The molecule has 2 aromatic rings. The minimum absolute atomic E-state index is 0.0413. The van der Waals surface area contributed by atoms with Gasteiger partial charge in [-0.3, -0.25) is 0 Å². The van der Waals surface area contributed by atoms with Crippen molar-refractivity contribution in [2.75, 3.05) is 0 Å².